The first kappa shape index (κ1) is 10.1. The summed E-state index contributed by atoms with van der Waals surface area (Å²) < 4.78 is 1.87. The lowest BCUT2D eigenvalue weighted by Gasteiger charge is -1.95. The van der Waals surface area contributed by atoms with Crippen LogP contribution < -0.4 is 4.80 Å². The number of rotatable bonds is 3. The van der Waals surface area contributed by atoms with E-state index >= 15 is 0 Å². The first-order valence-corrected chi connectivity index (χ1v) is 4.91. The molecule has 1 aromatic heterocycles. The molecule has 0 fully saturated rings. The SMILES string of the molecule is CC(C)=NN=c1sccn1CCO. The van der Waals surface area contributed by atoms with Crippen LogP contribution in [-0.4, -0.2) is 22.0 Å². The quantitative estimate of drug-likeness (QED) is 0.569. The van der Waals surface area contributed by atoms with E-state index in [4.69, 9.17) is 5.11 Å². The van der Waals surface area contributed by atoms with E-state index in [1.165, 1.54) is 11.3 Å². The molecule has 0 aliphatic carbocycles. The van der Waals surface area contributed by atoms with Crippen molar-refractivity contribution in [2.24, 2.45) is 10.2 Å². The summed E-state index contributed by atoms with van der Waals surface area (Å²) in [5.41, 5.74) is 0.920. The van der Waals surface area contributed by atoms with Gasteiger partial charge >= 0.3 is 0 Å². The second-order valence-electron chi connectivity index (χ2n) is 2.75. The zero-order chi connectivity index (χ0) is 9.68. The van der Waals surface area contributed by atoms with Crippen molar-refractivity contribution in [2.45, 2.75) is 20.4 Å². The van der Waals surface area contributed by atoms with Crippen molar-refractivity contribution in [1.82, 2.24) is 4.57 Å². The van der Waals surface area contributed by atoms with E-state index in [0.717, 1.165) is 10.5 Å². The van der Waals surface area contributed by atoms with Gasteiger partial charge in [-0.1, -0.05) is 0 Å². The summed E-state index contributed by atoms with van der Waals surface area (Å²) in [7, 11) is 0. The van der Waals surface area contributed by atoms with Gasteiger partial charge in [-0.15, -0.1) is 16.4 Å². The molecule has 0 bridgehead atoms. The molecule has 0 atom stereocenters. The van der Waals surface area contributed by atoms with Gasteiger partial charge in [0.15, 0.2) is 0 Å². The first-order chi connectivity index (χ1) is 6.24. The van der Waals surface area contributed by atoms with Crippen molar-refractivity contribution in [3.8, 4) is 0 Å². The van der Waals surface area contributed by atoms with Gasteiger partial charge in [-0.3, -0.25) is 0 Å². The van der Waals surface area contributed by atoms with Gasteiger partial charge in [0, 0.05) is 23.8 Å². The highest BCUT2D eigenvalue weighted by molar-refractivity contribution is 7.07. The number of nitrogens with zero attached hydrogens (tertiary/aromatic N) is 3. The van der Waals surface area contributed by atoms with E-state index in [-0.39, 0.29) is 6.61 Å². The second kappa shape index (κ2) is 4.94. The molecule has 0 aromatic carbocycles. The summed E-state index contributed by atoms with van der Waals surface area (Å²) in [4.78, 5) is 0.815. The van der Waals surface area contributed by atoms with E-state index in [1.54, 1.807) is 0 Å². The third-order valence-corrected chi connectivity index (χ3v) is 2.12. The molecule has 0 spiro atoms. The molecule has 5 heteroatoms. The molecule has 13 heavy (non-hydrogen) atoms. The molecule has 1 N–H and O–H groups in total. The van der Waals surface area contributed by atoms with Gasteiger partial charge in [0.25, 0.3) is 0 Å². The molecule has 1 heterocycles. The van der Waals surface area contributed by atoms with Gasteiger partial charge in [0.2, 0.25) is 4.80 Å². The van der Waals surface area contributed by atoms with Gasteiger partial charge in [-0.05, 0) is 13.8 Å². The summed E-state index contributed by atoms with van der Waals surface area (Å²) in [6.45, 7) is 4.49. The molecule has 0 radical (unpaired) electrons. The van der Waals surface area contributed by atoms with E-state index in [1.807, 2.05) is 30.0 Å². The molecular weight excluding hydrogens is 186 g/mol. The van der Waals surface area contributed by atoms with Crippen LogP contribution in [0.4, 0.5) is 0 Å². The van der Waals surface area contributed by atoms with Crippen molar-refractivity contribution in [3.63, 3.8) is 0 Å². The van der Waals surface area contributed by atoms with E-state index in [2.05, 4.69) is 10.2 Å². The van der Waals surface area contributed by atoms with Gasteiger partial charge in [-0.25, -0.2) is 0 Å². The monoisotopic (exact) mass is 199 g/mol. The number of aliphatic hydroxyl groups excluding tert-OH is 1. The predicted molar refractivity (Wildman–Crippen MR) is 53.7 cm³/mol. The maximum absolute atomic E-state index is 8.75. The third-order valence-electron chi connectivity index (χ3n) is 1.34. The van der Waals surface area contributed by atoms with Crippen molar-refractivity contribution in [3.05, 3.63) is 16.4 Å². The molecular formula is C8H13N3OS. The summed E-state index contributed by atoms with van der Waals surface area (Å²) in [6, 6.07) is 0. The zero-order valence-electron chi connectivity index (χ0n) is 7.77. The van der Waals surface area contributed by atoms with Crippen LogP contribution in [0.2, 0.25) is 0 Å². The molecule has 0 saturated carbocycles. The van der Waals surface area contributed by atoms with Crippen molar-refractivity contribution >= 4 is 17.0 Å². The average molecular weight is 199 g/mol. The predicted octanol–water partition coefficient (Wildman–Crippen LogP) is 0.838. The van der Waals surface area contributed by atoms with Gasteiger partial charge in [0.05, 0.1) is 6.61 Å². The Bertz CT molecular complexity index is 346. The Morgan fingerprint density at radius 1 is 1.62 bits per heavy atom. The number of hydrogen-bond acceptors (Lipinski definition) is 4. The van der Waals surface area contributed by atoms with Crippen LogP contribution in [0.5, 0.6) is 0 Å². The minimum absolute atomic E-state index is 0.124. The zero-order valence-corrected chi connectivity index (χ0v) is 8.58. The van der Waals surface area contributed by atoms with Crippen LogP contribution in [-0.2, 0) is 6.54 Å². The highest BCUT2D eigenvalue weighted by atomic mass is 32.1. The summed E-state index contributed by atoms with van der Waals surface area (Å²) in [5.74, 6) is 0. The van der Waals surface area contributed by atoms with Crippen LogP contribution in [0.3, 0.4) is 0 Å². The molecule has 0 amide bonds. The van der Waals surface area contributed by atoms with E-state index in [0.29, 0.717) is 6.54 Å². The molecule has 1 rings (SSSR count). The fraction of sp³-hybridized carbons (Fsp3) is 0.500. The maximum atomic E-state index is 8.75. The summed E-state index contributed by atoms with van der Waals surface area (Å²) in [5, 5.41) is 18.7. The lowest BCUT2D eigenvalue weighted by molar-refractivity contribution is 0.274. The Kier molecular flexibility index (Phi) is 3.85. The molecule has 4 nitrogen and oxygen atoms in total. The molecule has 0 aliphatic heterocycles. The van der Waals surface area contributed by atoms with Crippen LogP contribution >= 0.6 is 11.3 Å². The van der Waals surface area contributed by atoms with Crippen molar-refractivity contribution < 1.29 is 5.11 Å². The third kappa shape index (κ3) is 3.12. The highest BCUT2D eigenvalue weighted by Gasteiger charge is 1.92. The van der Waals surface area contributed by atoms with Gasteiger partial charge in [0.1, 0.15) is 0 Å². The molecule has 1 aromatic rings. The Morgan fingerprint density at radius 3 is 3.00 bits per heavy atom. The number of aliphatic hydroxyl groups is 1. The Morgan fingerprint density at radius 2 is 2.38 bits per heavy atom. The average Bonchev–Trinajstić information content (AvgIpc) is 2.49. The van der Waals surface area contributed by atoms with Crippen LogP contribution in [0, 0.1) is 0 Å². The minimum atomic E-state index is 0.124. The molecule has 72 valence electrons. The van der Waals surface area contributed by atoms with Crippen molar-refractivity contribution in [1.29, 1.82) is 0 Å². The minimum Gasteiger partial charge on any atom is -0.395 e. The van der Waals surface area contributed by atoms with E-state index in [9.17, 15) is 0 Å². The lowest BCUT2D eigenvalue weighted by atomic mass is 10.5. The van der Waals surface area contributed by atoms with Gasteiger partial charge in [-0.2, -0.15) is 5.10 Å². The Hall–Kier alpha value is -0.940. The molecule has 0 saturated heterocycles. The normalized spacial score (nSPS) is 11.8. The van der Waals surface area contributed by atoms with Crippen LogP contribution in [0.15, 0.2) is 21.8 Å². The van der Waals surface area contributed by atoms with Gasteiger partial charge < -0.3 is 9.67 Å². The number of thiazole rings is 1. The second-order valence-corrected chi connectivity index (χ2v) is 3.62. The van der Waals surface area contributed by atoms with E-state index < -0.39 is 0 Å². The lowest BCUT2D eigenvalue weighted by Crippen LogP contribution is -2.15. The Labute approximate surface area is 80.9 Å². The van der Waals surface area contributed by atoms with Crippen LogP contribution in [0.25, 0.3) is 0 Å². The largest absolute Gasteiger partial charge is 0.395 e. The first-order valence-electron chi connectivity index (χ1n) is 4.03. The smallest absolute Gasteiger partial charge is 0.210 e. The standard InChI is InChI=1S/C8H13N3OS/c1-7(2)9-10-8-11(3-5-12)4-6-13-8/h4,6,12H,3,5H2,1-2H3. The van der Waals surface area contributed by atoms with Crippen molar-refractivity contribution in [2.75, 3.05) is 6.61 Å². The maximum Gasteiger partial charge on any atom is 0.210 e. The topological polar surface area (TPSA) is 49.9 Å². The van der Waals surface area contributed by atoms with Crippen LogP contribution in [0.1, 0.15) is 13.8 Å². The summed E-state index contributed by atoms with van der Waals surface area (Å²) >= 11 is 1.51. The number of hydrogen-bond donors (Lipinski definition) is 1. The molecule has 0 unspecified atom stereocenters. The Balaban J connectivity index is 2.93. The number of aromatic nitrogens is 1. The fourth-order valence-electron chi connectivity index (χ4n) is 0.798. The summed E-state index contributed by atoms with van der Waals surface area (Å²) in [6.07, 6.45) is 1.89. The highest BCUT2D eigenvalue weighted by Crippen LogP contribution is 1.90. The molecule has 0 aliphatic rings. The fourth-order valence-corrected chi connectivity index (χ4v) is 1.50.